The molecule has 0 saturated heterocycles. The van der Waals surface area contributed by atoms with Crippen molar-refractivity contribution in [2.24, 2.45) is 5.92 Å². The van der Waals surface area contributed by atoms with Crippen LogP contribution >= 0.6 is 0 Å². The van der Waals surface area contributed by atoms with Crippen LogP contribution in [0.25, 0.3) is 22.6 Å². The Morgan fingerprint density at radius 2 is 1.90 bits per heavy atom. The number of nitrogens with zero attached hydrogens (tertiary/aromatic N) is 2. The van der Waals surface area contributed by atoms with Gasteiger partial charge < -0.3 is 14.4 Å². The Morgan fingerprint density at radius 1 is 1.13 bits per heavy atom. The van der Waals surface area contributed by atoms with Crippen molar-refractivity contribution in [3.63, 3.8) is 0 Å². The van der Waals surface area contributed by atoms with Crippen LogP contribution < -0.4 is 5.32 Å². The van der Waals surface area contributed by atoms with E-state index in [4.69, 9.17) is 4.42 Å². The van der Waals surface area contributed by atoms with Crippen molar-refractivity contribution in [1.29, 1.82) is 0 Å². The van der Waals surface area contributed by atoms with Crippen LogP contribution in [0.15, 0.2) is 52.9 Å². The Hall–Kier alpha value is -2.70. The number of rotatable bonds is 6. The van der Waals surface area contributed by atoms with Gasteiger partial charge in [0.15, 0.2) is 5.58 Å². The third kappa shape index (κ3) is 4.10. The molecule has 0 bridgehead atoms. The zero-order valence-corrected chi connectivity index (χ0v) is 17.8. The zero-order chi connectivity index (χ0) is 21.4. The molecule has 6 heteroatoms. The fraction of sp³-hybridized carbons (Fsp3) is 0.440. The second-order valence-electron chi connectivity index (χ2n) is 8.95. The van der Waals surface area contributed by atoms with Gasteiger partial charge in [-0.15, -0.1) is 0 Å². The minimum Gasteiger partial charge on any atom is -0.436 e. The van der Waals surface area contributed by atoms with Crippen LogP contribution in [0.5, 0.6) is 0 Å². The summed E-state index contributed by atoms with van der Waals surface area (Å²) >= 11 is 0. The lowest BCUT2D eigenvalue weighted by Crippen LogP contribution is -2.46. The smallest absolute Gasteiger partial charge is 0.253 e. The molecular formula is C25H29N3O3. The molecule has 3 aromatic rings. The first-order chi connectivity index (χ1) is 15.1. The predicted octanol–water partition coefficient (Wildman–Crippen LogP) is 4.20. The number of aromatic nitrogens is 1. The lowest BCUT2D eigenvalue weighted by molar-refractivity contribution is 0.0478. The Bertz CT molecular complexity index is 1020. The lowest BCUT2D eigenvalue weighted by Gasteiger charge is -2.32. The quantitative estimate of drug-likeness (QED) is 0.586. The summed E-state index contributed by atoms with van der Waals surface area (Å²) in [5.41, 5.74) is 3.07. The topological polar surface area (TPSA) is 78.6 Å². The second kappa shape index (κ2) is 8.44. The molecule has 1 aromatic heterocycles. The van der Waals surface area contributed by atoms with Crippen LogP contribution in [0.3, 0.4) is 0 Å². The molecule has 1 amide bonds. The molecule has 2 N–H and O–H groups in total. The van der Waals surface area contributed by atoms with E-state index in [1.54, 1.807) is 0 Å². The fourth-order valence-electron chi connectivity index (χ4n) is 4.70. The second-order valence-corrected chi connectivity index (χ2v) is 8.95. The first kappa shape index (κ1) is 20.2. The number of nitrogens with one attached hydrogen (secondary N) is 1. The van der Waals surface area contributed by atoms with E-state index in [0.29, 0.717) is 17.5 Å². The monoisotopic (exact) mass is 419 g/mol. The SMILES string of the molecule is CN(C(=O)c1ccc(-c2nc3ccccc3o2)cc1)[C@@H]1CC[C@H](C(O)NC2CCC2)C1. The molecule has 2 saturated carbocycles. The van der Waals surface area contributed by atoms with Gasteiger partial charge in [-0.05, 0) is 68.5 Å². The average Bonchev–Trinajstić information content (AvgIpc) is 3.42. The van der Waals surface area contributed by atoms with Gasteiger partial charge in [0.1, 0.15) is 11.7 Å². The molecule has 2 fully saturated rings. The van der Waals surface area contributed by atoms with Crippen LogP contribution in [-0.2, 0) is 0 Å². The highest BCUT2D eigenvalue weighted by atomic mass is 16.3. The molecule has 0 spiro atoms. The van der Waals surface area contributed by atoms with Crippen molar-refractivity contribution in [2.45, 2.75) is 56.8 Å². The standard InChI is InChI=1S/C25H29N3O3/c1-28(20-14-13-18(15-20)23(29)26-19-5-4-6-19)25(30)17-11-9-16(10-12-17)24-27-21-7-2-3-8-22(21)31-24/h2-3,7-12,18-20,23,26,29H,4-6,13-15H2,1H3/t18-,20+,23?/m0/s1. The first-order valence-electron chi connectivity index (χ1n) is 11.3. The third-order valence-corrected chi connectivity index (χ3v) is 6.94. The van der Waals surface area contributed by atoms with E-state index < -0.39 is 6.23 Å². The molecule has 5 rings (SSSR count). The number of carbonyl (C=O) groups excluding carboxylic acids is 1. The normalized spacial score (nSPS) is 22.4. The summed E-state index contributed by atoms with van der Waals surface area (Å²) in [7, 11) is 1.87. The Kier molecular flexibility index (Phi) is 5.50. The van der Waals surface area contributed by atoms with E-state index in [-0.39, 0.29) is 17.9 Å². The predicted molar refractivity (Wildman–Crippen MR) is 119 cm³/mol. The molecule has 1 unspecified atom stereocenters. The Morgan fingerprint density at radius 3 is 2.61 bits per heavy atom. The highest BCUT2D eigenvalue weighted by Crippen LogP contribution is 2.32. The van der Waals surface area contributed by atoms with Crippen LogP contribution in [0, 0.1) is 5.92 Å². The van der Waals surface area contributed by atoms with E-state index >= 15 is 0 Å². The summed E-state index contributed by atoms with van der Waals surface area (Å²) < 4.78 is 5.82. The van der Waals surface area contributed by atoms with Gasteiger partial charge in [-0.2, -0.15) is 0 Å². The van der Waals surface area contributed by atoms with Crippen LogP contribution in [-0.4, -0.2) is 46.3 Å². The van der Waals surface area contributed by atoms with Crippen molar-refractivity contribution in [2.75, 3.05) is 7.05 Å². The number of aliphatic hydroxyl groups excluding tert-OH is 1. The first-order valence-corrected chi connectivity index (χ1v) is 11.3. The summed E-state index contributed by atoms with van der Waals surface area (Å²) in [5.74, 6) is 0.777. The van der Waals surface area contributed by atoms with Gasteiger partial charge in [0.05, 0.1) is 0 Å². The van der Waals surface area contributed by atoms with Crippen LogP contribution in [0.2, 0.25) is 0 Å². The molecule has 162 valence electrons. The number of hydrogen-bond donors (Lipinski definition) is 2. The minimum atomic E-state index is -0.464. The molecule has 1 heterocycles. The summed E-state index contributed by atoms with van der Waals surface area (Å²) in [4.78, 5) is 19.4. The van der Waals surface area contributed by atoms with Gasteiger partial charge in [-0.3, -0.25) is 10.1 Å². The number of benzene rings is 2. The third-order valence-electron chi connectivity index (χ3n) is 6.94. The van der Waals surface area contributed by atoms with E-state index in [0.717, 1.165) is 48.8 Å². The van der Waals surface area contributed by atoms with Gasteiger partial charge in [-0.1, -0.05) is 18.6 Å². The largest absolute Gasteiger partial charge is 0.436 e. The summed E-state index contributed by atoms with van der Waals surface area (Å²) in [6.45, 7) is 0. The van der Waals surface area contributed by atoms with Gasteiger partial charge in [0, 0.05) is 36.2 Å². The van der Waals surface area contributed by atoms with Crippen molar-refractivity contribution < 1.29 is 14.3 Å². The van der Waals surface area contributed by atoms with Crippen molar-refractivity contribution >= 4 is 17.0 Å². The maximum atomic E-state index is 13.0. The number of para-hydroxylation sites is 2. The summed E-state index contributed by atoms with van der Waals surface area (Å²) in [6, 6.07) is 15.7. The van der Waals surface area contributed by atoms with E-state index in [9.17, 15) is 9.90 Å². The molecule has 2 aliphatic carbocycles. The molecule has 0 aliphatic heterocycles. The number of aliphatic hydroxyl groups is 1. The van der Waals surface area contributed by atoms with E-state index in [2.05, 4.69) is 10.3 Å². The number of hydrogen-bond acceptors (Lipinski definition) is 5. The number of fused-ring (bicyclic) bond motifs is 1. The molecule has 3 atom stereocenters. The average molecular weight is 420 g/mol. The molecule has 0 radical (unpaired) electrons. The highest BCUT2D eigenvalue weighted by molar-refractivity contribution is 5.94. The minimum absolute atomic E-state index is 0.0104. The maximum absolute atomic E-state index is 13.0. The highest BCUT2D eigenvalue weighted by Gasteiger charge is 2.35. The molecule has 2 aromatic carbocycles. The van der Waals surface area contributed by atoms with Crippen LogP contribution in [0.4, 0.5) is 0 Å². The molecule has 31 heavy (non-hydrogen) atoms. The van der Waals surface area contributed by atoms with Gasteiger partial charge >= 0.3 is 0 Å². The van der Waals surface area contributed by atoms with E-state index in [1.165, 1.54) is 6.42 Å². The number of amides is 1. The number of oxazole rings is 1. The maximum Gasteiger partial charge on any atom is 0.253 e. The zero-order valence-electron chi connectivity index (χ0n) is 17.8. The number of carbonyl (C=O) groups is 1. The van der Waals surface area contributed by atoms with Gasteiger partial charge in [0.2, 0.25) is 5.89 Å². The van der Waals surface area contributed by atoms with Crippen molar-refractivity contribution in [3.05, 3.63) is 54.1 Å². The van der Waals surface area contributed by atoms with Gasteiger partial charge in [-0.25, -0.2) is 4.98 Å². The summed E-state index contributed by atoms with van der Waals surface area (Å²) in [5, 5.41) is 13.8. The van der Waals surface area contributed by atoms with Crippen molar-refractivity contribution in [3.8, 4) is 11.5 Å². The fourth-order valence-corrected chi connectivity index (χ4v) is 4.70. The molecular weight excluding hydrogens is 390 g/mol. The van der Waals surface area contributed by atoms with E-state index in [1.807, 2.05) is 60.5 Å². The summed E-state index contributed by atoms with van der Waals surface area (Å²) in [6.07, 6.45) is 5.81. The van der Waals surface area contributed by atoms with Gasteiger partial charge in [0.25, 0.3) is 5.91 Å². The Labute approximate surface area is 182 Å². The molecule has 6 nitrogen and oxygen atoms in total. The Balaban J connectivity index is 1.22. The van der Waals surface area contributed by atoms with Crippen LogP contribution in [0.1, 0.15) is 48.9 Å². The molecule has 2 aliphatic rings. The lowest BCUT2D eigenvalue weighted by atomic mass is 9.92. The van der Waals surface area contributed by atoms with Crippen molar-refractivity contribution in [1.82, 2.24) is 15.2 Å².